The summed E-state index contributed by atoms with van der Waals surface area (Å²) in [6.07, 6.45) is 3.96. The molecule has 94 valence electrons. The van der Waals surface area contributed by atoms with Gasteiger partial charge in [-0.05, 0) is 45.2 Å². The lowest BCUT2D eigenvalue weighted by Crippen LogP contribution is -2.28. The van der Waals surface area contributed by atoms with Gasteiger partial charge in [0.05, 0.1) is 0 Å². The fraction of sp³-hybridized carbons (Fsp3) is 0.667. The maximum atomic E-state index is 11.7. The average Bonchev–Trinajstić information content (AvgIpc) is 2.73. The van der Waals surface area contributed by atoms with E-state index in [4.69, 9.17) is 0 Å². The summed E-state index contributed by atoms with van der Waals surface area (Å²) in [4.78, 5) is 11.7. The molecule has 0 saturated carbocycles. The first-order chi connectivity index (χ1) is 8.24. The van der Waals surface area contributed by atoms with Gasteiger partial charge in [0, 0.05) is 18.2 Å². The molecule has 0 aliphatic carbocycles. The molecule has 1 amide bonds. The molecule has 0 unspecified atom stereocenters. The van der Waals surface area contributed by atoms with E-state index in [1.807, 2.05) is 13.0 Å². The van der Waals surface area contributed by atoms with Gasteiger partial charge in [-0.15, -0.1) is 0 Å². The van der Waals surface area contributed by atoms with Crippen molar-refractivity contribution in [3.05, 3.63) is 11.8 Å². The van der Waals surface area contributed by atoms with Gasteiger partial charge in [-0.25, -0.2) is 0 Å². The van der Waals surface area contributed by atoms with Crippen molar-refractivity contribution in [1.29, 1.82) is 0 Å². The lowest BCUT2D eigenvalue weighted by Gasteiger charge is -2.21. The van der Waals surface area contributed by atoms with E-state index in [-0.39, 0.29) is 5.91 Å². The third-order valence-electron chi connectivity index (χ3n) is 3.21. The molecule has 0 spiro atoms. The molecule has 1 saturated heterocycles. The molecule has 3 N–H and O–H groups in total. The Morgan fingerprint density at radius 2 is 2.29 bits per heavy atom. The fourth-order valence-electron chi connectivity index (χ4n) is 2.19. The topological polar surface area (TPSA) is 69.8 Å². The maximum absolute atomic E-state index is 11.7. The Kier molecular flexibility index (Phi) is 4.14. The highest BCUT2D eigenvalue weighted by atomic mass is 16.1. The van der Waals surface area contributed by atoms with Gasteiger partial charge < -0.3 is 10.6 Å². The number of nitrogens with one attached hydrogen (secondary N) is 3. The normalized spacial score (nSPS) is 17.0. The maximum Gasteiger partial charge on any atom is 0.225 e. The van der Waals surface area contributed by atoms with Gasteiger partial charge in [-0.3, -0.25) is 9.89 Å². The van der Waals surface area contributed by atoms with E-state index in [0.717, 1.165) is 25.2 Å². The molecule has 1 fully saturated rings. The first-order valence-corrected chi connectivity index (χ1v) is 6.26. The van der Waals surface area contributed by atoms with Crippen LogP contribution >= 0.6 is 0 Å². The number of rotatable bonds is 4. The van der Waals surface area contributed by atoms with Crippen LogP contribution in [-0.2, 0) is 4.79 Å². The third-order valence-corrected chi connectivity index (χ3v) is 3.21. The average molecular weight is 236 g/mol. The number of anilines is 1. The Hall–Kier alpha value is -1.36. The van der Waals surface area contributed by atoms with Crippen LogP contribution in [0.2, 0.25) is 0 Å². The van der Waals surface area contributed by atoms with Crippen LogP contribution in [-0.4, -0.2) is 29.2 Å². The van der Waals surface area contributed by atoms with E-state index >= 15 is 0 Å². The van der Waals surface area contributed by atoms with Crippen LogP contribution in [0.4, 0.5) is 5.82 Å². The molecule has 17 heavy (non-hydrogen) atoms. The molecule has 2 rings (SSSR count). The van der Waals surface area contributed by atoms with Gasteiger partial charge >= 0.3 is 0 Å². The Balaban J connectivity index is 1.70. The van der Waals surface area contributed by atoms with Gasteiger partial charge in [0.15, 0.2) is 5.82 Å². The molecule has 0 atom stereocenters. The standard InChI is InChI=1S/C12H20N4O/c1-9-8-11(16-15-9)14-12(17)3-2-10-4-6-13-7-5-10/h8,10,13H,2-7H2,1H3,(H2,14,15,16,17). The molecular formula is C12H20N4O. The van der Waals surface area contributed by atoms with E-state index in [0.29, 0.717) is 18.2 Å². The number of hydrogen-bond acceptors (Lipinski definition) is 3. The van der Waals surface area contributed by atoms with Crippen LogP contribution in [0.25, 0.3) is 0 Å². The Bertz CT molecular complexity index is 368. The van der Waals surface area contributed by atoms with E-state index in [9.17, 15) is 4.79 Å². The van der Waals surface area contributed by atoms with Crippen molar-refractivity contribution in [1.82, 2.24) is 15.5 Å². The molecule has 2 heterocycles. The number of aromatic amines is 1. The Labute approximate surface area is 101 Å². The zero-order valence-electron chi connectivity index (χ0n) is 10.3. The summed E-state index contributed by atoms with van der Waals surface area (Å²) < 4.78 is 0. The number of carbonyl (C=O) groups is 1. The van der Waals surface area contributed by atoms with Crippen LogP contribution in [0, 0.1) is 12.8 Å². The highest BCUT2D eigenvalue weighted by Crippen LogP contribution is 2.18. The first-order valence-electron chi connectivity index (χ1n) is 6.26. The zero-order chi connectivity index (χ0) is 12.1. The molecular weight excluding hydrogens is 216 g/mol. The quantitative estimate of drug-likeness (QED) is 0.740. The summed E-state index contributed by atoms with van der Waals surface area (Å²) in [6.45, 7) is 4.09. The summed E-state index contributed by atoms with van der Waals surface area (Å²) in [6, 6.07) is 1.84. The zero-order valence-corrected chi connectivity index (χ0v) is 10.3. The van der Waals surface area contributed by atoms with Gasteiger partial charge in [0.2, 0.25) is 5.91 Å². The molecule has 1 aliphatic rings. The minimum absolute atomic E-state index is 0.0648. The van der Waals surface area contributed by atoms with Crippen molar-refractivity contribution in [2.45, 2.75) is 32.6 Å². The van der Waals surface area contributed by atoms with Crippen LogP contribution in [0.1, 0.15) is 31.4 Å². The SMILES string of the molecule is Cc1cc(NC(=O)CCC2CCNCC2)n[nH]1. The minimum atomic E-state index is 0.0648. The highest BCUT2D eigenvalue weighted by molar-refractivity contribution is 5.89. The van der Waals surface area contributed by atoms with Crippen LogP contribution in [0.3, 0.4) is 0 Å². The molecule has 0 aromatic carbocycles. The van der Waals surface area contributed by atoms with E-state index in [1.54, 1.807) is 0 Å². The second-order valence-electron chi connectivity index (χ2n) is 4.72. The van der Waals surface area contributed by atoms with Crippen molar-refractivity contribution in [2.75, 3.05) is 18.4 Å². The summed E-state index contributed by atoms with van der Waals surface area (Å²) in [5, 5.41) is 12.9. The molecule has 5 heteroatoms. The second-order valence-corrected chi connectivity index (χ2v) is 4.72. The molecule has 0 radical (unpaired) electrons. The number of carbonyl (C=O) groups excluding carboxylic acids is 1. The predicted molar refractivity (Wildman–Crippen MR) is 66.8 cm³/mol. The van der Waals surface area contributed by atoms with Gasteiger partial charge in [0.25, 0.3) is 0 Å². The Morgan fingerprint density at radius 1 is 1.53 bits per heavy atom. The van der Waals surface area contributed by atoms with Gasteiger partial charge in [-0.2, -0.15) is 5.10 Å². The monoisotopic (exact) mass is 236 g/mol. The number of piperidine rings is 1. The van der Waals surface area contributed by atoms with Gasteiger partial charge in [-0.1, -0.05) is 0 Å². The van der Waals surface area contributed by atoms with E-state index in [2.05, 4.69) is 20.8 Å². The minimum Gasteiger partial charge on any atom is -0.317 e. The lowest BCUT2D eigenvalue weighted by atomic mass is 9.93. The van der Waals surface area contributed by atoms with Crippen molar-refractivity contribution >= 4 is 11.7 Å². The van der Waals surface area contributed by atoms with Crippen LogP contribution < -0.4 is 10.6 Å². The summed E-state index contributed by atoms with van der Waals surface area (Å²) in [5.41, 5.74) is 0.957. The summed E-state index contributed by atoms with van der Waals surface area (Å²) in [5.74, 6) is 1.38. The molecule has 1 aromatic heterocycles. The van der Waals surface area contributed by atoms with E-state index in [1.165, 1.54) is 12.8 Å². The molecule has 1 aliphatic heterocycles. The van der Waals surface area contributed by atoms with Crippen molar-refractivity contribution in [3.8, 4) is 0 Å². The number of aromatic nitrogens is 2. The highest BCUT2D eigenvalue weighted by Gasteiger charge is 2.14. The van der Waals surface area contributed by atoms with Crippen molar-refractivity contribution < 1.29 is 4.79 Å². The number of nitrogens with zero attached hydrogens (tertiary/aromatic N) is 1. The van der Waals surface area contributed by atoms with Crippen LogP contribution in [0.5, 0.6) is 0 Å². The largest absolute Gasteiger partial charge is 0.317 e. The van der Waals surface area contributed by atoms with Gasteiger partial charge in [0.1, 0.15) is 0 Å². The predicted octanol–water partition coefficient (Wildman–Crippen LogP) is 1.44. The van der Waals surface area contributed by atoms with E-state index < -0.39 is 0 Å². The lowest BCUT2D eigenvalue weighted by molar-refractivity contribution is -0.116. The Morgan fingerprint density at radius 3 is 2.94 bits per heavy atom. The fourth-order valence-corrected chi connectivity index (χ4v) is 2.19. The third kappa shape index (κ3) is 3.85. The molecule has 5 nitrogen and oxygen atoms in total. The molecule has 1 aromatic rings. The van der Waals surface area contributed by atoms with Crippen molar-refractivity contribution in [2.24, 2.45) is 5.92 Å². The first kappa shape index (κ1) is 12.1. The smallest absolute Gasteiger partial charge is 0.225 e. The second kappa shape index (κ2) is 5.82. The number of amides is 1. The number of hydrogen-bond donors (Lipinski definition) is 3. The summed E-state index contributed by atoms with van der Waals surface area (Å²) >= 11 is 0. The summed E-state index contributed by atoms with van der Waals surface area (Å²) in [7, 11) is 0. The molecule has 0 bridgehead atoms. The number of H-pyrrole nitrogens is 1. The van der Waals surface area contributed by atoms with Crippen LogP contribution in [0.15, 0.2) is 6.07 Å². The van der Waals surface area contributed by atoms with Crippen molar-refractivity contribution in [3.63, 3.8) is 0 Å². The number of aryl methyl sites for hydroxylation is 1.